The van der Waals surface area contributed by atoms with E-state index in [1.165, 1.54) is 31.2 Å². The summed E-state index contributed by atoms with van der Waals surface area (Å²) in [7, 11) is 4.36. The summed E-state index contributed by atoms with van der Waals surface area (Å²) >= 11 is 0. The highest BCUT2D eigenvalue weighted by atomic mass is 16.5. The number of H-pyrrole nitrogens is 1. The molecule has 2 N–H and O–H groups in total. The summed E-state index contributed by atoms with van der Waals surface area (Å²) in [6.45, 7) is 0.850. The molecule has 0 bridgehead atoms. The van der Waals surface area contributed by atoms with E-state index in [9.17, 15) is 0 Å². The lowest BCUT2D eigenvalue weighted by molar-refractivity contribution is 0.113. The fourth-order valence-corrected chi connectivity index (χ4v) is 4.10. The molecule has 24 heavy (non-hydrogen) atoms. The van der Waals surface area contributed by atoms with Gasteiger partial charge in [0.05, 0.1) is 11.5 Å². The second-order valence-electron chi connectivity index (χ2n) is 7.30. The molecule has 2 aromatic rings. The largest absolute Gasteiger partial charge is 0.373 e. The van der Waals surface area contributed by atoms with Crippen molar-refractivity contribution in [1.82, 2.24) is 19.9 Å². The summed E-state index contributed by atoms with van der Waals surface area (Å²) in [6, 6.07) is 1.20. The van der Waals surface area contributed by atoms with Gasteiger partial charge in [0.15, 0.2) is 0 Å². The Hall–Kier alpha value is -1.66. The Morgan fingerprint density at radius 2 is 2.00 bits per heavy atom. The number of aromatic nitrogens is 3. The monoisotopic (exact) mass is 329 g/mol. The van der Waals surface area contributed by atoms with Crippen molar-refractivity contribution in [3.05, 3.63) is 18.1 Å². The number of hydrogen-bond acceptors (Lipinski definition) is 5. The molecule has 1 aliphatic heterocycles. The van der Waals surface area contributed by atoms with Gasteiger partial charge in [0, 0.05) is 30.5 Å². The quantitative estimate of drug-likeness (QED) is 0.902. The number of hydrogen-bond donors (Lipinski definition) is 2. The molecule has 0 radical (unpaired) electrons. The van der Waals surface area contributed by atoms with Crippen LogP contribution in [0.5, 0.6) is 0 Å². The van der Waals surface area contributed by atoms with Crippen LogP contribution >= 0.6 is 0 Å². The molecule has 0 amide bonds. The van der Waals surface area contributed by atoms with Crippen LogP contribution in [0.2, 0.25) is 0 Å². The van der Waals surface area contributed by atoms with Crippen molar-refractivity contribution in [2.24, 2.45) is 0 Å². The molecule has 0 spiro atoms. The van der Waals surface area contributed by atoms with E-state index in [-0.39, 0.29) is 6.10 Å². The number of nitrogens with one attached hydrogen (secondary N) is 2. The molecule has 0 aromatic carbocycles. The third-order valence-electron chi connectivity index (χ3n) is 5.54. The van der Waals surface area contributed by atoms with Crippen LogP contribution in [0.15, 0.2) is 12.5 Å². The molecule has 2 fully saturated rings. The molecule has 2 aromatic heterocycles. The molecule has 3 heterocycles. The average molecular weight is 329 g/mol. The van der Waals surface area contributed by atoms with Gasteiger partial charge >= 0.3 is 0 Å². The lowest BCUT2D eigenvalue weighted by Gasteiger charge is -2.33. The number of ether oxygens (including phenoxy) is 1. The fraction of sp³-hybridized carbons (Fsp3) is 0.667. The zero-order chi connectivity index (χ0) is 16.5. The first-order valence-electron chi connectivity index (χ1n) is 9.09. The predicted molar refractivity (Wildman–Crippen MR) is 95.2 cm³/mol. The summed E-state index contributed by atoms with van der Waals surface area (Å²) in [5.74, 6) is 0.958. The zero-order valence-electron chi connectivity index (χ0n) is 14.6. The van der Waals surface area contributed by atoms with Gasteiger partial charge in [-0.25, -0.2) is 9.97 Å². The summed E-state index contributed by atoms with van der Waals surface area (Å²) < 4.78 is 5.88. The van der Waals surface area contributed by atoms with Gasteiger partial charge in [0.1, 0.15) is 17.8 Å². The molecule has 6 heteroatoms. The summed E-state index contributed by atoms with van der Waals surface area (Å²) in [6.07, 6.45) is 10.9. The Balaban J connectivity index is 1.55. The first-order chi connectivity index (χ1) is 11.7. The van der Waals surface area contributed by atoms with E-state index in [1.807, 2.05) is 6.20 Å². The molecule has 1 aliphatic carbocycles. The number of anilines is 1. The van der Waals surface area contributed by atoms with E-state index < -0.39 is 0 Å². The number of aromatic amines is 1. The van der Waals surface area contributed by atoms with E-state index in [2.05, 4.69) is 39.3 Å². The lowest BCUT2D eigenvalue weighted by atomic mass is 9.90. The van der Waals surface area contributed by atoms with Crippen molar-refractivity contribution in [3.63, 3.8) is 0 Å². The van der Waals surface area contributed by atoms with Crippen molar-refractivity contribution < 1.29 is 4.74 Å². The molecule has 2 aliphatic rings. The molecule has 4 rings (SSSR count). The van der Waals surface area contributed by atoms with Crippen molar-refractivity contribution in [2.45, 2.75) is 56.7 Å². The highest BCUT2D eigenvalue weighted by molar-refractivity contribution is 5.90. The minimum atomic E-state index is 0.176. The second kappa shape index (κ2) is 6.69. The molecule has 1 atom stereocenters. The maximum atomic E-state index is 5.88. The molecule has 1 saturated heterocycles. The van der Waals surface area contributed by atoms with Crippen LogP contribution in [0.25, 0.3) is 11.0 Å². The molecular weight excluding hydrogens is 302 g/mol. The van der Waals surface area contributed by atoms with Gasteiger partial charge in [-0.1, -0.05) is 0 Å². The van der Waals surface area contributed by atoms with Gasteiger partial charge in [0.25, 0.3) is 0 Å². The Labute approximate surface area is 143 Å². The van der Waals surface area contributed by atoms with Gasteiger partial charge in [-0.05, 0) is 52.6 Å². The SMILES string of the molecule is CN(C)[C@H]1CC[C@H](Nc2ncnc3[nH]cc(C4CCCO4)c23)CC1. The number of rotatable bonds is 4. The van der Waals surface area contributed by atoms with Crippen LogP contribution < -0.4 is 5.32 Å². The maximum Gasteiger partial charge on any atom is 0.143 e. The Bertz CT molecular complexity index is 684. The number of fused-ring (bicyclic) bond motifs is 1. The van der Waals surface area contributed by atoms with Crippen LogP contribution in [0.3, 0.4) is 0 Å². The fourth-order valence-electron chi connectivity index (χ4n) is 4.10. The van der Waals surface area contributed by atoms with Crippen LogP contribution in [0, 0.1) is 0 Å². The van der Waals surface area contributed by atoms with Crippen molar-refractivity contribution in [2.75, 3.05) is 26.0 Å². The molecule has 6 nitrogen and oxygen atoms in total. The van der Waals surface area contributed by atoms with Gasteiger partial charge in [0.2, 0.25) is 0 Å². The second-order valence-corrected chi connectivity index (χ2v) is 7.30. The van der Waals surface area contributed by atoms with Crippen molar-refractivity contribution >= 4 is 16.9 Å². The average Bonchev–Trinajstić information content (AvgIpc) is 3.25. The van der Waals surface area contributed by atoms with Gasteiger partial charge in [-0.15, -0.1) is 0 Å². The van der Waals surface area contributed by atoms with Crippen LogP contribution in [0.4, 0.5) is 5.82 Å². The highest BCUT2D eigenvalue weighted by Crippen LogP contribution is 2.36. The maximum absolute atomic E-state index is 5.88. The van der Waals surface area contributed by atoms with E-state index >= 15 is 0 Å². The highest BCUT2D eigenvalue weighted by Gasteiger charge is 2.26. The lowest BCUT2D eigenvalue weighted by Crippen LogP contribution is -2.36. The summed E-state index contributed by atoms with van der Waals surface area (Å²) in [4.78, 5) is 14.6. The van der Waals surface area contributed by atoms with Gasteiger partial charge in [-0.3, -0.25) is 0 Å². The van der Waals surface area contributed by atoms with Crippen molar-refractivity contribution in [1.29, 1.82) is 0 Å². The van der Waals surface area contributed by atoms with E-state index in [0.29, 0.717) is 12.1 Å². The van der Waals surface area contributed by atoms with E-state index in [4.69, 9.17) is 4.74 Å². The smallest absolute Gasteiger partial charge is 0.143 e. The van der Waals surface area contributed by atoms with Crippen LogP contribution in [0.1, 0.15) is 50.2 Å². The third kappa shape index (κ3) is 3.00. The summed E-state index contributed by atoms with van der Waals surface area (Å²) in [5, 5.41) is 4.80. The first kappa shape index (κ1) is 15.8. The van der Waals surface area contributed by atoms with Crippen LogP contribution in [-0.4, -0.2) is 52.6 Å². The Kier molecular flexibility index (Phi) is 4.41. The Morgan fingerprint density at radius 3 is 2.71 bits per heavy atom. The van der Waals surface area contributed by atoms with Gasteiger partial charge < -0.3 is 19.9 Å². The predicted octanol–water partition coefficient (Wildman–Crippen LogP) is 3.09. The molecular formula is C18H27N5O. The zero-order valence-corrected chi connectivity index (χ0v) is 14.6. The van der Waals surface area contributed by atoms with Crippen LogP contribution in [-0.2, 0) is 4.74 Å². The minimum Gasteiger partial charge on any atom is -0.373 e. The first-order valence-corrected chi connectivity index (χ1v) is 9.09. The molecule has 1 saturated carbocycles. The normalized spacial score (nSPS) is 27.9. The summed E-state index contributed by atoms with van der Waals surface area (Å²) in [5.41, 5.74) is 2.10. The van der Waals surface area contributed by atoms with E-state index in [1.54, 1.807) is 6.33 Å². The Morgan fingerprint density at radius 1 is 1.17 bits per heavy atom. The van der Waals surface area contributed by atoms with E-state index in [0.717, 1.165) is 36.3 Å². The topological polar surface area (TPSA) is 66.1 Å². The van der Waals surface area contributed by atoms with Gasteiger partial charge in [-0.2, -0.15) is 0 Å². The molecule has 130 valence electrons. The standard InChI is InChI=1S/C18H27N5O/c1-23(2)13-7-5-12(6-8-13)22-18-16-14(15-4-3-9-24-15)10-19-17(16)20-11-21-18/h10-13,15H,3-9H2,1-2H3,(H2,19,20,21,22)/t12-,13-,15?. The number of nitrogens with zero attached hydrogens (tertiary/aromatic N) is 3. The van der Waals surface area contributed by atoms with Crippen molar-refractivity contribution in [3.8, 4) is 0 Å². The molecule has 1 unspecified atom stereocenters. The third-order valence-corrected chi connectivity index (χ3v) is 5.54. The minimum absolute atomic E-state index is 0.176.